The van der Waals surface area contributed by atoms with Crippen LogP contribution in [0, 0.1) is 0 Å². The summed E-state index contributed by atoms with van der Waals surface area (Å²) in [4.78, 5) is -1.05. The van der Waals surface area contributed by atoms with Gasteiger partial charge in [-0.1, -0.05) is 23.2 Å². The molecular formula is C9H12Cl2O6. The molecule has 0 aromatic rings. The second kappa shape index (κ2) is 4.18. The highest BCUT2D eigenvalue weighted by molar-refractivity contribution is 6.44. The molecule has 1 N–H and O–H groups in total. The summed E-state index contributed by atoms with van der Waals surface area (Å²) in [5, 5.41) is 9.32. The van der Waals surface area contributed by atoms with E-state index in [1.807, 2.05) is 0 Å². The van der Waals surface area contributed by atoms with E-state index in [0.29, 0.717) is 0 Å². The second-order valence-corrected chi connectivity index (χ2v) is 5.21. The highest BCUT2D eigenvalue weighted by Gasteiger charge is 2.67. The van der Waals surface area contributed by atoms with E-state index in [-0.39, 0.29) is 12.7 Å². The van der Waals surface area contributed by atoms with Crippen LogP contribution in [0.2, 0.25) is 0 Å². The van der Waals surface area contributed by atoms with Crippen molar-refractivity contribution in [2.24, 2.45) is 0 Å². The molecule has 0 aliphatic carbocycles. The fraction of sp³-hybridized carbons (Fsp3) is 1.00. The molecule has 0 aromatic heterocycles. The molecule has 0 spiro atoms. The maximum Gasteiger partial charge on any atom is 0.318 e. The third kappa shape index (κ3) is 1.63. The largest absolute Gasteiger partial charge is 0.394 e. The zero-order valence-corrected chi connectivity index (χ0v) is 10.4. The predicted octanol–water partition coefficient (Wildman–Crippen LogP) is -0.00970. The summed E-state index contributed by atoms with van der Waals surface area (Å²) < 4.78 is 27.5. The van der Waals surface area contributed by atoms with Crippen molar-refractivity contribution in [1.82, 2.24) is 0 Å². The zero-order chi connectivity index (χ0) is 12.2. The molecule has 4 bridgehead atoms. The maximum atomic E-state index is 9.32. The molecule has 0 aromatic carbocycles. The van der Waals surface area contributed by atoms with Crippen LogP contribution in [-0.2, 0) is 23.7 Å². The topological polar surface area (TPSA) is 66.4 Å². The summed E-state index contributed by atoms with van der Waals surface area (Å²) in [6.45, 7) is -0.265. The molecule has 6 atom stereocenters. The fourth-order valence-corrected chi connectivity index (χ4v) is 2.75. The highest BCUT2D eigenvalue weighted by atomic mass is 35.5. The maximum absolute atomic E-state index is 9.32. The number of alkyl halides is 2. The molecule has 98 valence electrons. The summed E-state index contributed by atoms with van der Waals surface area (Å²) in [6.07, 6.45) is -2.59. The SMILES string of the molecule is CO[C@H]1[C@H]2O[C@@H]3OC(C(Cl)Cl)(O[C@@H]31)O[C@@H]2CO. The average molecular weight is 287 g/mol. The van der Waals surface area contributed by atoms with Gasteiger partial charge in [0.25, 0.3) is 0 Å². The molecule has 8 heteroatoms. The van der Waals surface area contributed by atoms with Gasteiger partial charge in [0.05, 0.1) is 6.61 Å². The van der Waals surface area contributed by atoms with Crippen molar-refractivity contribution >= 4 is 23.2 Å². The minimum atomic E-state index is -1.59. The average Bonchev–Trinajstić information content (AvgIpc) is 2.66. The lowest BCUT2D eigenvalue weighted by Crippen LogP contribution is -2.46. The van der Waals surface area contributed by atoms with Gasteiger partial charge in [0.15, 0.2) is 11.1 Å². The number of fused-ring (bicyclic) bond motifs is 1. The molecule has 4 aliphatic rings. The van der Waals surface area contributed by atoms with E-state index in [1.54, 1.807) is 0 Å². The van der Waals surface area contributed by atoms with E-state index < -0.39 is 35.4 Å². The monoisotopic (exact) mass is 286 g/mol. The van der Waals surface area contributed by atoms with Crippen LogP contribution in [0.1, 0.15) is 0 Å². The third-order valence-electron chi connectivity index (χ3n) is 3.19. The van der Waals surface area contributed by atoms with E-state index >= 15 is 0 Å². The summed E-state index contributed by atoms with van der Waals surface area (Å²) in [7, 11) is 1.53. The minimum Gasteiger partial charge on any atom is -0.394 e. The van der Waals surface area contributed by atoms with Gasteiger partial charge < -0.3 is 24.1 Å². The van der Waals surface area contributed by atoms with E-state index in [4.69, 9.17) is 46.9 Å². The van der Waals surface area contributed by atoms with Crippen LogP contribution in [0.15, 0.2) is 0 Å². The minimum absolute atomic E-state index is 0.265. The van der Waals surface area contributed by atoms with Crippen molar-refractivity contribution in [1.29, 1.82) is 0 Å². The lowest BCUT2D eigenvalue weighted by atomic mass is 10.1. The first kappa shape index (κ1) is 12.4. The molecule has 0 saturated carbocycles. The van der Waals surface area contributed by atoms with Crippen molar-refractivity contribution in [2.45, 2.75) is 41.5 Å². The van der Waals surface area contributed by atoms with E-state index in [0.717, 1.165) is 0 Å². The van der Waals surface area contributed by atoms with Crippen LogP contribution in [0.4, 0.5) is 0 Å². The van der Waals surface area contributed by atoms with Gasteiger partial charge in [0.2, 0.25) is 0 Å². The van der Waals surface area contributed by atoms with E-state index in [9.17, 15) is 5.11 Å². The number of methoxy groups -OCH3 is 1. The van der Waals surface area contributed by atoms with E-state index in [1.165, 1.54) is 7.11 Å². The molecule has 0 amide bonds. The van der Waals surface area contributed by atoms with Crippen LogP contribution in [0.5, 0.6) is 0 Å². The first-order valence-electron chi connectivity index (χ1n) is 5.22. The van der Waals surface area contributed by atoms with Gasteiger partial charge in [-0.25, -0.2) is 0 Å². The Labute approximate surface area is 108 Å². The van der Waals surface area contributed by atoms with Gasteiger partial charge >= 0.3 is 5.97 Å². The molecule has 1 unspecified atom stereocenters. The Morgan fingerprint density at radius 3 is 2.65 bits per heavy atom. The molecule has 0 radical (unpaired) electrons. The molecular weight excluding hydrogens is 275 g/mol. The summed E-state index contributed by atoms with van der Waals surface area (Å²) >= 11 is 11.6. The van der Waals surface area contributed by atoms with E-state index in [2.05, 4.69) is 0 Å². The molecule has 6 nitrogen and oxygen atoms in total. The molecule has 4 saturated heterocycles. The predicted molar refractivity (Wildman–Crippen MR) is 55.6 cm³/mol. The van der Waals surface area contributed by atoms with Crippen LogP contribution in [0.3, 0.4) is 0 Å². The Morgan fingerprint density at radius 2 is 2.06 bits per heavy atom. The molecule has 4 heterocycles. The van der Waals surface area contributed by atoms with Gasteiger partial charge in [-0.05, 0) is 0 Å². The van der Waals surface area contributed by atoms with Crippen LogP contribution in [-0.4, -0.2) is 60.3 Å². The number of rotatable bonds is 3. The number of hydrogen-bond acceptors (Lipinski definition) is 6. The van der Waals surface area contributed by atoms with Gasteiger partial charge in [0, 0.05) is 7.11 Å². The van der Waals surface area contributed by atoms with Crippen LogP contribution >= 0.6 is 23.2 Å². The molecule has 4 fully saturated rings. The van der Waals surface area contributed by atoms with Gasteiger partial charge in [-0.15, -0.1) is 0 Å². The Balaban J connectivity index is 1.96. The third-order valence-corrected chi connectivity index (χ3v) is 3.72. The number of ether oxygens (including phenoxy) is 5. The molecule has 4 rings (SSSR count). The lowest BCUT2D eigenvalue weighted by molar-refractivity contribution is -0.342. The quantitative estimate of drug-likeness (QED) is 0.737. The Kier molecular flexibility index (Phi) is 3.04. The summed E-state index contributed by atoms with van der Waals surface area (Å²) in [5.41, 5.74) is 0. The number of aliphatic hydroxyl groups is 1. The van der Waals surface area contributed by atoms with Gasteiger partial charge in [0.1, 0.15) is 24.4 Å². The zero-order valence-electron chi connectivity index (χ0n) is 8.92. The smallest absolute Gasteiger partial charge is 0.318 e. The normalized spacial score (nSPS) is 52.4. The van der Waals surface area contributed by atoms with Crippen molar-refractivity contribution in [3.63, 3.8) is 0 Å². The van der Waals surface area contributed by atoms with Crippen LogP contribution < -0.4 is 0 Å². The number of aliphatic hydroxyl groups excluding tert-OH is 1. The Bertz CT molecular complexity index is 316. The van der Waals surface area contributed by atoms with Crippen molar-refractivity contribution in [3.05, 3.63) is 0 Å². The standard InChI is InChI=1S/C9H12Cl2O6/c1-13-5-4-3(2-12)15-9(8(10)11)16-6(5)7(14-4)17-9/h3-8,12H,2H2,1H3/t3-,4+,5+,6-,7-,9?/m1/s1. The lowest BCUT2D eigenvalue weighted by Gasteiger charge is -2.29. The molecule has 4 aliphatic heterocycles. The van der Waals surface area contributed by atoms with Crippen LogP contribution in [0.25, 0.3) is 0 Å². The Hall–Kier alpha value is 0.340. The Morgan fingerprint density at radius 1 is 1.29 bits per heavy atom. The number of hydrogen-bond donors (Lipinski definition) is 1. The van der Waals surface area contributed by atoms with Crippen molar-refractivity contribution in [3.8, 4) is 0 Å². The molecule has 17 heavy (non-hydrogen) atoms. The van der Waals surface area contributed by atoms with Crippen molar-refractivity contribution in [2.75, 3.05) is 13.7 Å². The van der Waals surface area contributed by atoms with Crippen molar-refractivity contribution < 1.29 is 28.8 Å². The van der Waals surface area contributed by atoms with Gasteiger partial charge in [-0.3, -0.25) is 4.74 Å². The first-order chi connectivity index (χ1) is 8.11. The number of halogens is 2. The highest BCUT2D eigenvalue weighted by Crippen LogP contribution is 2.48. The summed E-state index contributed by atoms with van der Waals surface area (Å²) in [5.74, 6) is -1.59. The summed E-state index contributed by atoms with van der Waals surface area (Å²) in [6, 6.07) is 0. The fourth-order valence-electron chi connectivity index (χ4n) is 2.44. The van der Waals surface area contributed by atoms with Gasteiger partial charge in [-0.2, -0.15) is 0 Å². The second-order valence-electron chi connectivity index (χ2n) is 4.11. The first-order valence-corrected chi connectivity index (χ1v) is 6.09.